The summed E-state index contributed by atoms with van der Waals surface area (Å²) in [5, 5.41) is 11.5. The highest BCUT2D eigenvalue weighted by atomic mass is 16.5. The minimum atomic E-state index is 0.478. The van der Waals surface area contributed by atoms with Gasteiger partial charge in [-0.2, -0.15) is 5.26 Å². The minimum Gasteiger partial charge on any atom is -0.365 e. The Morgan fingerprint density at radius 3 is 2.58 bits per heavy atom. The van der Waals surface area contributed by atoms with Gasteiger partial charge in [-0.1, -0.05) is 0 Å². The molecular formula is C9H10N2O. The van der Waals surface area contributed by atoms with Crippen molar-refractivity contribution in [3.8, 4) is 6.07 Å². The number of methoxy groups -OCH3 is 1. The Hall–Kier alpha value is -1.53. The number of hydrogen-bond donors (Lipinski definition) is 1. The van der Waals surface area contributed by atoms with Crippen molar-refractivity contribution in [2.24, 2.45) is 0 Å². The van der Waals surface area contributed by atoms with E-state index in [1.54, 1.807) is 19.2 Å². The van der Waals surface area contributed by atoms with Gasteiger partial charge in [0.15, 0.2) is 0 Å². The largest absolute Gasteiger partial charge is 0.365 e. The van der Waals surface area contributed by atoms with Gasteiger partial charge in [0.1, 0.15) is 6.73 Å². The van der Waals surface area contributed by atoms with Crippen LogP contribution in [0.4, 0.5) is 5.69 Å². The van der Waals surface area contributed by atoms with Crippen molar-refractivity contribution in [1.29, 1.82) is 5.26 Å². The van der Waals surface area contributed by atoms with Crippen molar-refractivity contribution in [2.75, 3.05) is 19.2 Å². The lowest BCUT2D eigenvalue weighted by atomic mass is 10.2. The molecule has 3 heteroatoms. The van der Waals surface area contributed by atoms with Crippen molar-refractivity contribution in [1.82, 2.24) is 0 Å². The number of nitrogens with one attached hydrogen (secondary N) is 1. The van der Waals surface area contributed by atoms with Gasteiger partial charge >= 0.3 is 0 Å². The second-order valence-corrected chi connectivity index (χ2v) is 2.30. The molecule has 1 rings (SSSR count). The van der Waals surface area contributed by atoms with Crippen LogP contribution in [-0.4, -0.2) is 13.8 Å². The van der Waals surface area contributed by atoms with Crippen LogP contribution < -0.4 is 5.32 Å². The smallest absolute Gasteiger partial charge is 0.116 e. The molecule has 0 atom stereocenters. The van der Waals surface area contributed by atoms with Crippen LogP contribution in [0.5, 0.6) is 0 Å². The first kappa shape index (κ1) is 8.57. The highest BCUT2D eigenvalue weighted by molar-refractivity contribution is 5.46. The third-order valence-electron chi connectivity index (χ3n) is 1.43. The van der Waals surface area contributed by atoms with E-state index in [1.807, 2.05) is 12.1 Å². The van der Waals surface area contributed by atoms with Crippen LogP contribution >= 0.6 is 0 Å². The molecule has 0 radical (unpaired) electrons. The summed E-state index contributed by atoms with van der Waals surface area (Å²) in [4.78, 5) is 0. The fourth-order valence-corrected chi connectivity index (χ4v) is 0.818. The van der Waals surface area contributed by atoms with E-state index in [9.17, 15) is 0 Å². The normalized spacial score (nSPS) is 9.00. The topological polar surface area (TPSA) is 45.0 Å². The number of nitriles is 1. The number of anilines is 1. The molecule has 0 bridgehead atoms. The van der Waals surface area contributed by atoms with Gasteiger partial charge in [0.25, 0.3) is 0 Å². The average molecular weight is 162 g/mol. The molecule has 12 heavy (non-hydrogen) atoms. The maximum Gasteiger partial charge on any atom is 0.116 e. The summed E-state index contributed by atoms with van der Waals surface area (Å²) in [7, 11) is 1.62. The molecule has 0 saturated carbocycles. The van der Waals surface area contributed by atoms with Crippen LogP contribution in [0, 0.1) is 11.3 Å². The molecule has 0 heterocycles. The predicted molar refractivity (Wildman–Crippen MR) is 46.7 cm³/mol. The Morgan fingerprint density at radius 2 is 2.08 bits per heavy atom. The Balaban J connectivity index is 2.60. The molecule has 0 aromatic heterocycles. The van der Waals surface area contributed by atoms with Gasteiger partial charge in [-0.25, -0.2) is 0 Å². The Kier molecular flexibility index (Phi) is 3.12. The molecule has 0 amide bonds. The lowest BCUT2D eigenvalue weighted by Crippen LogP contribution is -2.02. The minimum absolute atomic E-state index is 0.478. The SMILES string of the molecule is COCNc1ccc(C#N)cc1. The van der Waals surface area contributed by atoms with Crippen molar-refractivity contribution >= 4 is 5.69 Å². The molecule has 0 fully saturated rings. The van der Waals surface area contributed by atoms with Gasteiger partial charge in [-0.15, -0.1) is 0 Å². The van der Waals surface area contributed by atoms with Crippen molar-refractivity contribution in [3.63, 3.8) is 0 Å². The van der Waals surface area contributed by atoms with Gasteiger partial charge in [-0.05, 0) is 24.3 Å². The summed E-state index contributed by atoms with van der Waals surface area (Å²) in [5.41, 5.74) is 1.62. The third kappa shape index (κ3) is 2.26. The van der Waals surface area contributed by atoms with Gasteiger partial charge < -0.3 is 10.1 Å². The summed E-state index contributed by atoms with van der Waals surface area (Å²) < 4.78 is 4.83. The lowest BCUT2D eigenvalue weighted by molar-refractivity contribution is 0.221. The number of nitrogens with zero attached hydrogens (tertiary/aromatic N) is 1. The van der Waals surface area contributed by atoms with Gasteiger partial charge in [0.05, 0.1) is 11.6 Å². The maximum absolute atomic E-state index is 8.51. The summed E-state index contributed by atoms with van der Waals surface area (Å²) in [5.74, 6) is 0. The molecule has 3 nitrogen and oxygen atoms in total. The molecule has 0 unspecified atom stereocenters. The standard InChI is InChI=1S/C9H10N2O/c1-12-7-11-9-4-2-8(6-10)3-5-9/h2-5,11H,7H2,1H3. The zero-order chi connectivity index (χ0) is 8.81. The molecular weight excluding hydrogens is 152 g/mol. The van der Waals surface area contributed by atoms with Crippen molar-refractivity contribution < 1.29 is 4.74 Å². The Bertz CT molecular complexity index is 274. The van der Waals surface area contributed by atoms with E-state index in [0.717, 1.165) is 5.69 Å². The van der Waals surface area contributed by atoms with Gasteiger partial charge in [0, 0.05) is 12.8 Å². The monoisotopic (exact) mass is 162 g/mol. The van der Waals surface area contributed by atoms with E-state index in [0.29, 0.717) is 12.3 Å². The maximum atomic E-state index is 8.51. The molecule has 0 aliphatic heterocycles. The van der Waals surface area contributed by atoms with Crippen LogP contribution in [0.2, 0.25) is 0 Å². The van der Waals surface area contributed by atoms with Crippen LogP contribution in [0.25, 0.3) is 0 Å². The summed E-state index contributed by atoms with van der Waals surface area (Å²) >= 11 is 0. The zero-order valence-corrected chi connectivity index (χ0v) is 6.87. The average Bonchev–Trinajstić information content (AvgIpc) is 2.15. The Morgan fingerprint density at radius 1 is 1.42 bits per heavy atom. The van der Waals surface area contributed by atoms with E-state index >= 15 is 0 Å². The highest BCUT2D eigenvalue weighted by Gasteiger charge is 1.90. The number of ether oxygens (including phenoxy) is 1. The van der Waals surface area contributed by atoms with Crippen LogP contribution in [-0.2, 0) is 4.74 Å². The number of hydrogen-bond acceptors (Lipinski definition) is 3. The second-order valence-electron chi connectivity index (χ2n) is 2.30. The van der Waals surface area contributed by atoms with Crippen LogP contribution in [0.15, 0.2) is 24.3 Å². The zero-order valence-electron chi connectivity index (χ0n) is 6.87. The predicted octanol–water partition coefficient (Wildman–Crippen LogP) is 1.57. The molecule has 1 aromatic carbocycles. The van der Waals surface area contributed by atoms with E-state index in [-0.39, 0.29) is 0 Å². The first-order valence-electron chi connectivity index (χ1n) is 3.60. The van der Waals surface area contributed by atoms with Gasteiger partial charge in [0.2, 0.25) is 0 Å². The molecule has 1 N–H and O–H groups in total. The van der Waals surface area contributed by atoms with Gasteiger partial charge in [-0.3, -0.25) is 0 Å². The highest BCUT2D eigenvalue weighted by Crippen LogP contribution is 2.07. The molecule has 0 aliphatic carbocycles. The van der Waals surface area contributed by atoms with E-state index in [1.165, 1.54) is 0 Å². The van der Waals surface area contributed by atoms with E-state index in [2.05, 4.69) is 11.4 Å². The summed E-state index contributed by atoms with van der Waals surface area (Å²) in [6, 6.07) is 9.26. The fourth-order valence-electron chi connectivity index (χ4n) is 0.818. The molecule has 0 aliphatic rings. The first-order chi connectivity index (χ1) is 5.86. The quantitative estimate of drug-likeness (QED) is 0.686. The van der Waals surface area contributed by atoms with E-state index < -0.39 is 0 Å². The van der Waals surface area contributed by atoms with Crippen LogP contribution in [0.1, 0.15) is 5.56 Å². The molecule has 1 aromatic rings. The molecule has 62 valence electrons. The first-order valence-corrected chi connectivity index (χ1v) is 3.60. The van der Waals surface area contributed by atoms with Crippen molar-refractivity contribution in [2.45, 2.75) is 0 Å². The number of benzene rings is 1. The second kappa shape index (κ2) is 4.37. The summed E-state index contributed by atoms with van der Waals surface area (Å²) in [6.07, 6.45) is 0. The summed E-state index contributed by atoms with van der Waals surface area (Å²) in [6.45, 7) is 0.478. The third-order valence-corrected chi connectivity index (χ3v) is 1.43. The number of rotatable bonds is 3. The van der Waals surface area contributed by atoms with Crippen molar-refractivity contribution in [3.05, 3.63) is 29.8 Å². The molecule has 0 saturated heterocycles. The fraction of sp³-hybridized carbons (Fsp3) is 0.222. The van der Waals surface area contributed by atoms with Crippen LogP contribution in [0.3, 0.4) is 0 Å². The lowest BCUT2D eigenvalue weighted by Gasteiger charge is -2.03. The van der Waals surface area contributed by atoms with E-state index in [4.69, 9.17) is 10.00 Å². The molecule has 0 spiro atoms. The Labute approximate surface area is 71.6 Å².